The van der Waals surface area contributed by atoms with Crippen LogP contribution in [0.2, 0.25) is 5.15 Å². The van der Waals surface area contributed by atoms with Gasteiger partial charge in [0.2, 0.25) is 5.95 Å². The number of anilines is 3. The maximum atomic E-state index is 12.7. The van der Waals surface area contributed by atoms with Crippen LogP contribution in [0, 0.1) is 18.3 Å². The molecule has 4 heterocycles. The Bertz CT molecular complexity index is 1160. The molecule has 3 aromatic rings. The third-order valence-electron chi connectivity index (χ3n) is 4.98. The highest BCUT2D eigenvalue weighted by molar-refractivity contribution is 6.29. The van der Waals surface area contributed by atoms with Crippen molar-refractivity contribution in [2.45, 2.75) is 18.9 Å². The van der Waals surface area contributed by atoms with E-state index < -0.39 is 5.54 Å². The number of rotatable bonds is 6. The average Bonchev–Trinajstić information content (AvgIpc) is 3.12. The highest BCUT2D eigenvalue weighted by Crippen LogP contribution is 2.32. The summed E-state index contributed by atoms with van der Waals surface area (Å²) in [6, 6.07) is 5.26. The minimum Gasteiger partial charge on any atom is -0.351 e. The van der Waals surface area contributed by atoms with Crippen LogP contribution in [0.15, 0.2) is 36.9 Å². The van der Waals surface area contributed by atoms with Gasteiger partial charge in [-0.2, -0.15) is 15.3 Å². The molecule has 0 atom stereocenters. The fourth-order valence-electron chi connectivity index (χ4n) is 3.51. The molecule has 0 bridgehead atoms. The smallest absolute Gasteiger partial charge is 0.252 e. The SMILES string of the molecule is Cc1cnc(Nc2cnn(C)c2)nc1N1CC(CC#N)(NC(=O)c2ccnc(Cl)c2)C1. The molecule has 1 saturated heterocycles. The number of amides is 1. The monoisotopic (exact) mass is 437 g/mol. The minimum absolute atomic E-state index is 0.180. The summed E-state index contributed by atoms with van der Waals surface area (Å²) in [5.74, 6) is 0.899. The molecule has 0 spiro atoms. The van der Waals surface area contributed by atoms with E-state index in [0.29, 0.717) is 24.6 Å². The third kappa shape index (κ3) is 4.41. The zero-order chi connectivity index (χ0) is 22.0. The van der Waals surface area contributed by atoms with Gasteiger partial charge in [-0.3, -0.25) is 9.48 Å². The molecule has 10 nitrogen and oxygen atoms in total. The lowest BCUT2D eigenvalue weighted by Crippen LogP contribution is -2.70. The van der Waals surface area contributed by atoms with Gasteiger partial charge in [0, 0.05) is 49.9 Å². The number of aryl methyl sites for hydroxylation is 2. The number of carbonyl (C=O) groups is 1. The summed E-state index contributed by atoms with van der Waals surface area (Å²) >= 11 is 5.89. The van der Waals surface area contributed by atoms with E-state index in [1.54, 1.807) is 23.1 Å². The summed E-state index contributed by atoms with van der Waals surface area (Å²) in [5, 5.41) is 19.8. The highest BCUT2D eigenvalue weighted by atomic mass is 35.5. The van der Waals surface area contributed by atoms with Gasteiger partial charge in [0.1, 0.15) is 11.0 Å². The maximum Gasteiger partial charge on any atom is 0.252 e. The van der Waals surface area contributed by atoms with Gasteiger partial charge in [-0.1, -0.05) is 11.6 Å². The molecule has 2 N–H and O–H groups in total. The fraction of sp³-hybridized carbons (Fsp3) is 0.300. The van der Waals surface area contributed by atoms with E-state index in [0.717, 1.165) is 17.1 Å². The first-order valence-electron chi connectivity index (χ1n) is 9.53. The quantitative estimate of drug-likeness (QED) is 0.562. The Kier molecular flexibility index (Phi) is 5.44. The molecular formula is C20H20ClN9O. The van der Waals surface area contributed by atoms with E-state index in [9.17, 15) is 10.1 Å². The molecule has 11 heteroatoms. The van der Waals surface area contributed by atoms with E-state index in [1.807, 2.05) is 25.1 Å². The van der Waals surface area contributed by atoms with Crippen LogP contribution in [0.5, 0.6) is 0 Å². The van der Waals surface area contributed by atoms with Crippen LogP contribution in [-0.2, 0) is 7.05 Å². The molecule has 1 fully saturated rings. The lowest BCUT2D eigenvalue weighted by atomic mass is 9.86. The van der Waals surface area contributed by atoms with Crippen LogP contribution in [0.1, 0.15) is 22.3 Å². The lowest BCUT2D eigenvalue weighted by Gasteiger charge is -2.50. The predicted octanol–water partition coefficient (Wildman–Crippen LogP) is 2.21. The summed E-state index contributed by atoms with van der Waals surface area (Å²) in [5.41, 5.74) is 1.41. The number of halogens is 1. The number of hydrogen-bond acceptors (Lipinski definition) is 8. The second kappa shape index (κ2) is 8.20. The molecule has 4 rings (SSSR count). The molecular weight excluding hydrogens is 418 g/mol. The Labute approximate surface area is 183 Å². The highest BCUT2D eigenvalue weighted by Gasteiger charge is 2.45. The van der Waals surface area contributed by atoms with E-state index in [1.165, 1.54) is 12.3 Å². The van der Waals surface area contributed by atoms with E-state index in [2.05, 4.69) is 36.8 Å². The molecule has 158 valence electrons. The second-order valence-corrected chi connectivity index (χ2v) is 7.91. The summed E-state index contributed by atoms with van der Waals surface area (Å²) in [7, 11) is 1.83. The number of nitrogens with one attached hydrogen (secondary N) is 2. The minimum atomic E-state index is -0.671. The number of hydrogen-bond donors (Lipinski definition) is 2. The fourth-order valence-corrected chi connectivity index (χ4v) is 3.68. The molecule has 0 radical (unpaired) electrons. The van der Waals surface area contributed by atoms with Gasteiger partial charge in [-0.05, 0) is 19.1 Å². The second-order valence-electron chi connectivity index (χ2n) is 7.52. The zero-order valence-electron chi connectivity index (χ0n) is 17.0. The van der Waals surface area contributed by atoms with Gasteiger partial charge >= 0.3 is 0 Å². The van der Waals surface area contributed by atoms with Gasteiger partial charge < -0.3 is 15.5 Å². The van der Waals surface area contributed by atoms with Crippen molar-refractivity contribution in [3.63, 3.8) is 0 Å². The molecule has 1 amide bonds. The summed E-state index contributed by atoms with van der Waals surface area (Å²) in [4.78, 5) is 27.5. The van der Waals surface area contributed by atoms with Gasteiger partial charge in [-0.25, -0.2) is 9.97 Å². The number of pyridine rings is 1. The van der Waals surface area contributed by atoms with E-state index in [-0.39, 0.29) is 17.5 Å². The van der Waals surface area contributed by atoms with Gasteiger partial charge in [-0.15, -0.1) is 0 Å². The van der Waals surface area contributed by atoms with Crippen LogP contribution >= 0.6 is 11.6 Å². The molecule has 0 aliphatic carbocycles. The van der Waals surface area contributed by atoms with Crippen molar-refractivity contribution in [3.05, 3.63) is 53.2 Å². The molecule has 1 aliphatic rings. The van der Waals surface area contributed by atoms with Crippen LogP contribution < -0.4 is 15.5 Å². The number of aromatic nitrogens is 5. The lowest BCUT2D eigenvalue weighted by molar-refractivity contribution is 0.0879. The van der Waals surface area contributed by atoms with Gasteiger partial charge in [0.05, 0.1) is 29.9 Å². The van der Waals surface area contributed by atoms with Crippen molar-refractivity contribution in [3.8, 4) is 6.07 Å². The predicted molar refractivity (Wildman–Crippen MR) is 115 cm³/mol. The summed E-state index contributed by atoms with van der Waals surface area (Å²) in [6.07, 6.45) is 6.90. The third-order valence-corrected chi connectivity index (χ3v) is 5.18. The first kappa shape index (κ1) is 20.6. The molecule has 31 heavy (non-hydrogen) atoms. The van der Waals surface area contributed by atoms with Crippen LogP contribution in [0.3, 0.4) is 0 Å². The first-order chi connectivity index (χ1) is 14.9. The van der Waals surface area contributed by atoms with Gasteiger partial charge in [0.25, 0.3) is 5.91 Å². The molecule has 0 saturated carbocycles. The Morgan fingerprint density at radius 1 is 1.35 bits per heavy atom. The van der Waals surface area contributed by atoms with Gasteiger partial charge in [0.15, 0.2) is 0 Å². The largest absolute Gasteiger partial charge is 0.351 e. The average molecular weight is 438 g/mol. The van der Waals surface area contributed by atoms with E-state index in [4.69, 9.17) is 11.6 Å². The normalized spacial score (nSPS) is 14.5. The standard InChI is InChI=1S/C20H20ClN9O/c1-13-8-24-19(26-15-9-25-29(2)10-15)27-17(13)30-11-20(12-30,4-5-22)28-18(31)14-3-6-23-16(21)7-14/h3,6-10H,4,11-12H2,1-2H3,(H,28,31)(H,24,26,27). The Morgan fingerprint density at radius 3 is 2.84 bits per heavy atom. The Morgan fingerprint density at radius 2 is 2.16 bits per heavy atom. The molecule has 0 unspecified atom stereocenters. The van der Waals surface area contributed by atoms with Crippen LogP contribution in [-0.4, -0.2) is 49.3 Å². The van der Waals surface area contributed by atoms with Crippen molar-refractivity contribution in [1.29, 1.82) is 5.26 Å². The molecule has 1 aliphatic heterocycles. The number of carbonyl (C=O) groups excluding carboxylic acids is 1. The van der Waals surface area contributed by atoms with E-state index >= 15 is 0 Å². The van der Waals surface area contributed by atoms with Crippen molar-refractivity contribution in [2.24, 2.45) is 7.05 Å². The van der Waals surface area contributed by atoms with Crippen molar-refractivity contribution < 1.29 is 4.79 Å². The van der Waals surface area contributed by atoms with Crippen molar-refractivity contribution in [1.82, 2.24) is 30.0 Å². The first-order valence-corrected chi connectivity index (χ1v) is 9.90. The molecule has 3 aromatic heterocycles. The van der Waals surface area contributed by atoms with Crippen LogP contribution in [0.4, 0.5) is 17.5 Å². The Hall–Kier alpha value is -3.71. The topological polar surface area (TPSA) is 125 Å². The summed E-state index contributed by atoms with van der Waals surface area (Å²) < 4.78 is 1.68. The van der Waals surface area contributed by atoms with Crippen LogP contribution in [0.25, 0.3) is 0 Å². The zero-order valence-corrected chi connectivity index (χ0v) is 17.8. The maximum absolute atomic E-state index is 12.7. The summed E-state index contributed by atoms with van der Waals surface area (Å²) in [6.45, 7) is 2.83. The number of nitriles is 1. The van der Waals surface area contributed by atoms with Crippen molar-refractivity contribution >= 4 is 35.0 Å². The Balaban J connectivity index is 1.49. The molecule has 0 aromatic carbocycles. The number of nitrogens with zero attached hydrogens (tertiary/aromatic N) is 7. The van der Waals surface area contributed by atoms with Crippen molar-refractivity contribution in [2.75, 3.05) is 23.3 Å².